The Kier molecular flexibility index (Phi) is 7.82. The van der Waals surface area contributed by atoms with Crippen LogP contribution in [-0.2, 0) is 11.3 Å². The van der Waals surface area contributed by atoms with Crippen molar-refractivity contribution in [3.63, 3.8) is 0 Å². The zero-order valence-electron chi connectivity index (χ0n) is 12.7. The molecular formula is C15H25F3N2O. The first kappa shape index (κ1) is 18.0. The van der Waals surface area contributed by atoms with E-state index in [0.717, 1.165) is 19.4 Å². The summed E-state index contributed by atoms with van der Waals surface area (Å²) in [5.74, 6) is 0. The molecular weight excluding hydrogens is 281 g/mol. The van der Waals surface area contributed by atoms with Crippen LogP contribution in [0.3, 0.4) is 0 Å². The van der Waals surface area contributed by atoms with Gasteiger partial charge in [-0.15, -0.1) is 0 Å². The summed E-state index contributed by atoms with van der Waals surface area (Å²) in [5.41, 5.74) is 1.23. The number of nitrogens with one attached hydrogen (secondary N) is 1. The van der Waals surface area contributed by atoms with Gasteiger partial charge in [0.2, 0.25) is 0 Å². The smallest absolute Gasteiger partial charge is 0.372 e. The third-order valence-electron chi connectivity index (χ3n) is 3.17. The van der Waals surface area contributed by atoms with Gasteiger partial charge >= 0.3 is 6.18 Å². The fraction of sp³-hybridized carbons (Fsp3) is 0.733. The molecule has 1 aromatic rings. The van der Waals surface area contributed by atoms with Gasteiger partial charge < -0.3 is 14.6 Å². The zero-order valence-corrected chi connectivity index (χ0v) is 12.7. The standard InChI is InChI=1S/C15H25F3N2O/c1-3-6-14(19-4-2)13-7-9-20(11-13)8-5-10-21-12-15(16,17)18/h7,9,11,14,19H,3-6,8,10,12H2,1-2H3. The molecule has 0 saturated carbocycles. The number of aromatic nitrogens is 1. The van der Waals surface area contributed by atoms with E-state index in [0.29, 0.717) is 19.0 Å². The van der Waals surface area contributed by atoms with Gasteiger partial charge in [-0.3, -0.25) is 0 Å². The van der Waals surface area contributed by atoms with Gasteiger partial charge in [0.05, 0.1) is 0 Å². The summed E-state index contributed by atoms with van der Waals surface area (Å²) in [6.07, 6.45) is 2.55. The molecule has 1 aromatic heterocycles. The van der Waals surface area contributed by atoms with Gasteiger partial charge in [0, 0.05) is 31.6 Å². The van der Waals surface area contributed by atoms with E-state index in [1.165, 1.54) is 5.56 Å². The molecule has 21 heavy (non-hydrogen) atoms. The van der Waals surface area contributed by atoms with Crippen molar-refractivity contribution < 1.29 is 17.9 Å². The summed E-state index contributed by atoms with van der Waals surface area (Å²) in [5, 5.41) is 3.44. The summed E-state index contributed by atoms with van der Waals surface area (Å²) in [6.45, 7) is 4.78. The highest BCUT2D eigenvalue weighted by Gasteiger charge is 2.27. The monoisotopic (exact) mass is 306 g/mol. The second-order valence-corrected chi connectivity index (χ2v) is 5.10. The fourth-order valence-electron chi connectivity index (χ4n) is 2.26. The molecule has 122 valence electrons. The minimum Gasteiger partial charge on any atom is -0.372 e. The Morgan fingerprint density at radius 2 is 2.10 bits per heavy atom. The largest absolute Gasteiger partial charge is 0.411 e. The number of halogens is 3. The average Bonchev–Trinajstić information content (AvgIpc) is 2.85. The van der Waals surface area contributed by atoms with Crippen molar-refractivity contribution in [2.24, 2.45) is 0 Å². The van der Waals surface area contributed by atoms with Gasteiger partial charge in [0.15, 0.2) is 0 Å². The average molecular weight is 306 g/mol. The second-order valence-electron chi connectivity index (χ2n) is 5.10. The maximum Gasteiger partial charge on any atom is 0.411 e. The highest BCUT2D eigenvalue weighted by atomic mass is 19.4. The van der Waals surface area contributed by atoms with Gasteiger partial charge in [-0.05, 0) is 31.0 Å². The van der Waals surface area contributed by atoms with Crippen LogP contribution in [0.5, 0.6) is 0 Å². The molecule has 6 heteroatoms. The SMILES string of the molecule is CCCC(NCC)c1ccn(CCCOCC(F)(F)F)c1. The van der Waals surface area contributed by atoms with Crippen molar-refractivity contribution >= 4 is 0 Å². The topological polar surface area (TPSA) is 26.2 Å². The Morgan fingerprint density at radius 1 is 1.33 bits per heavy atom. The van der Waals surface area contributed by atoms with Crippen molar-refractivity contribution in [1.29, 1.82) is 0 Å². The maximum atomic E-state index is 11.9. The van der Waals surface area contributed by atoms with Crippen molar-refractivity contribution in [2.75, 3.05) is 19.8 Å². The van der Waals surface area contributed by atoms with Crippen LogP contribution in [-0.4, -0.2) is 30.5 Å². The Morgan fingerprint density at radius 3 is 2.71 bits per heavy atom. The van der Waals surface area contributed by atoms with Crippen molar-refractivity contribution in [3.8, 4) is 0 Å². The molecule has 0 bridgehead atoms. The summed E-state index contributed by atoms with van der Waals surface area (Å²) < 4.78 is 42.3. The van der Waals surface area contributed by atoms with E-state index in [-0.39, 0.29) is 6.61 Å². The van der Waals surface area contributed by atoms with Gasteiger partial charge in [-0.1, -0.05) is 20.3 Å². The van der Waals surface area contributed by atoms with Crippen molar-refractivity contribution in [1.82, 2.24) is 9.88 Å². The van der Waals surface area contributed by atoms with Gasteiger partial charge in [0.1, 0.15) is 6.61 Å². The van der Waals surface area contributed by atoms with E-state index in [9.17, 15) is 13.2 Å². The molecule has 1 N–H and O–H groups in total. The summed E-state index contributed by atoms with van der Waals surface area (Å²) in [6, 6.07) is 2.42. The Balaban J connectivity index is 2.34. The van der Waals surface area contributed by atoms with Crippen LogP contribution in [0.25, 0.3) is 0 Å². The van der Waals surface area contributed by atoms with Crippen LogP contribution in [0.1, 0.15) is 44.7 Å². The van der Waals surface area contributed by atoms with Crippen LogP contribution in [0, 0.1) is 0 Å². The third-order valence-corrected chi connectivity index (χ3v) is 3.17. The molecule has 3 nitrogen and oxygen atoms in total. The number of nitrogens with zero attached hydrogens (tertiary/aromatic N) is 1. The minimum absolute atomic E-state index is 0.124. The first-order chi connectivity index (χ1) is 9.96. The molecule has 1 heterocycles. The molecule has 0 fully saturated rings. The molecule has 1 unspecified atom stereocenters. The molecule has 0 spiro atoms. The van der Waals surface area contributed by atoms with E-state index >= 15 is 0 Å². The Labute approximate surface area is 124 Å². The van der Waals surface area contributed by atoms with Crippen molar-refractivity contribution in [3.05, 3.63) is 24.0 Å². The van der Waals surface area contributed by atoms with E-state index in [1.54, 1.807) is 0 Å². The number of rotatable bonds is 10. The van der Waals surface area contributed by atoms with Crippen LogP contribution < -0.4 is 5.32 Å². The molecule has 0 amide bonds. The number of hydrogen-bond donors (Lipinski definition) is 1. The predicted octanol–water partition coefficient (Wildman–Crippen LogP) is 3.91. The summed E-state index contributed by atoms with van der Waals surface area (Å²) >= 11 is 0. The quantitative estimate of drug-likeness (QED) is 0.663. The summed E-state index contributed by atoms with van der Waals surface area (Å²) in [7, 11) is 0. The van der Waals surface area contributed by atoms with Gasteiger partial charge in [0.25, 0.3) is 0 Å². The van der Waals surface area contributed by atoms with E-state index in [4.69, 9.17) is 0 Å². The minimum atomic E-state index is -4.24. The van der Waals surface area contributed by atoms with Crippen LogP contribution in [0.15, 0.2) is 18.5 Å². The fourth-order valence-corrected chi connectivity index (χ4v) is 2.26. The van der Waals surface area contributed by atoms with Crippen LogP contribution in [0.4, 0.5) is 13.2 Å². The predicted molar refractivity (Wildman–Crippen MR) is 77.2 cm³/mol. The highest BCUT2D eigenvalue weighted by molar-refractivity contribution is 5.15. The third kappa shape index (κ3) is 7.52. The summed E-state index contributed by atoms with van der Waals surface area (Å²) in [4.78, 5) is 0. The molecule has 0 aromatic carbocycles. The molecule has 0 aliphatic heterocycles. The van der Waals surface area contributed by atoms with E-state index in [2.05, 4.69) is 36.2 Å². The number of alkyl halides is 3. The number of ether oxygens (including phenoxy) is 1. The molecule has 1 atom stereocenters. The van der Waals surface area contributed by atoms with Gasteiger partial charge in [-0.2, -0.15) is 13.2 Å². The lowest BCUT2D eigenvalue weighted by Gasteiger charge is -2.15. The molecule has 0 aliphatic rings. The molecule has 0 saturated heterocycles. The Bertz CT molecular complexity index is 385. The molecule has 0 aliphatic carbocycles. The van der Waals surface area contributed by atoms with Gasteiger partial charge in [-0.25, -0.2) is 0 Å². The van der Waals surface area contributed by atoms with E-state index < -0.39 is 12.8 Å². The maximum absolute atomic E-state index is 11.9. The lowest BCUT2D eigenvalue weighted by Crippen LogP contribution is -2.20. The highest BCUT2D eigenvalue weighted by Crippen LogP contribution is 2.19. The second kappa shape index (κ2) is 9.10. The zero-order chi connectivity index (χ0) is 15.7. The lowest BCUT2D eigenvalue weighted by molar-refractivity contribution is -0.174. The lowest BCUT2D eigenvalue weighted by atomic mass is 10.1. The number of hydrogen-bond acceptors (Lipinski definition) is 2. The van der Waals surface area contributed by atoms with E-state index in [1.807, 2.05) is 10.8 Å². The van der Waals surface area contributed by atoms with Crippen molar-refractivity contribution in [2.45, 2.75) is 51.9 Å². The van der Waals surface area contributed by atoms with Crippen LogP contribution >= 0.6 is 0 Å². The molecule has 0 radical (unpaired) electrons. The van der Waals surface area contributed by atoms with Crippen LogP contribution in [0.2, 0.25) is 0 Å². The number of aryl methyl sites for hydroxylation is 1. The Hall–Kier alpha value is -1.01. The first-order valence-electron chi connectivity index (χ1n) is 7.49. The first-order valence-corrected chi connectivity index (χ1v) is 7.49. The normalized spacial score (nSPS) is 13.6. The molecule has 1 rings (SSSR count).